The van der Waals surface area contributed by atoms with Crippen LogP contribution in [-0.4, -0.2) is 32.3 Å². The highest BCUT2D eigenvalue weighted by Crippen LogP contribution is 2.11. The average molecular weight is 242 g/mol. The van der Waals surface area contributed by atoms with Crippen molar-refractivity contribution in [3.8, 4) is 0 Å². The van der Waals surface area contributed by atoms with Crippen LogP contribution < -0.4 is 11.1 Å². The summed E-state index contributed by atoms with van der Waals surface area (Å²) in [6.45, 7) is 8.32. The molecular formula is C14H30N2O. The highest BCUT2D eigenvalue weighted by Gasteiger charge is 2.23. The largest absolute Gasteiger partial charge is 0.379 e. The lowest BCUT2D eigenvalue weighted by atomic mass is 10.0. The van der Waals surface area contributed by atoms with Gasteiger partial charge in [-0.05, 0) is 18.9 Å². The van der Waals surface area contributed by atoms with Crippen LogP contribution in [0.5, 0.6) is 0 Å². The van der Waals surface area contributed by atoms with E-state index in [1.54, 1.807) is 0 Å². The van der Waals surface area contributed by atoms with E-state index in [9.17, 15) is 0 Å². The van der Waals surface area contributed by atoms with Gasteiger partial charge in [0.25, 0.3) is 0 Å². The molecule has 0 radical (unpaired) electrons. The summed E-state index contributed by atoms with van der Waals surface area (Å²) >= 11 is 0. The standard InChI is InChI=1S/C14H30N2O/c1-12(2)7-5-3-4-6-8-16-9-13-10-17-11-14(13)15/h12-14,16H,3-11,15H2,1-2H3. The van der Waals surface area contributed by atoms with Gasteiger partial charge in [-0.3, -0.25) is 0 Å². The molecule has 3 nitrogen and oxygen atoms in total. The Morgan fingerprint density at radius 1 is 1.18 bits per heavy atom. The molecular weight excluding hydrogens is 212 g/mol. The second-order valence-electron chi connectivity index (χ2n) is 5.76. The Labute approximate surface area is 106 Å². The SMILES string of the molecule is CC(C)CCCCCCNCC1COCC1N. The Kier molecular flexibility index (Phi) is 7.82. The third-order valence-corrected chi connectivity index (χ3v) is 3.54. The maximum atomic E-state index is 5.92. The molecule has 0 aromatic carbocycles. The second-order valence-corrected chi connectivity index (χ2v) is 5.76. The van der Waals surface area contributed by atoms with Gasteiger partial charge in [0, 0.05) is 18.5 Å². The number of unbranched alkanes of at least 4 members (excludes halogenated alkanes) is 3. The van der Waals surface area contributed by atoms with Gasteiger partial charge in [0.2, 0.25) is 0 Å². The summed E-state index contributed by atoms with van der Waals surface area (Å²) in [6.07, 6.45) is 6.79. The molecule has 3 heteroatoms. The van der Waals surface area contributed by atoms with Gasteiger partial charge < -0.3 is 15.8 Å². The summed E-state index contributed by atoms with van der Waals surface area (Å²) in [4.78, 5) is 0. The molecule has 17 heavy (non-hydrogen) atoms. The normalized spacial score (nSPS) is 24.7. The summed E-state index contributed by atoms with van der Waals surface area (Å²) in [7, 11) is 0. The Hall–Kier alpha value is -0.120. The van der Waals surface area contributed by atoms with Crippen molar-refractivity contribution in [3.05, 3.63) is 0 Å². The van der Waals surface area contributed by atoms with Crippen LogP contribution in [0.3, 0.4) is 0 Å². The topological polar surface area (TPSA) is 47.3 Å². The van der Waals surface area contributed by atoms with Crippen LogP contribution in [0.1, 0.15) is 46.0 Å². The highest BCUT2D eigenvalue weighted by molar-refractivity contribution is 4.79. The quantitative estimate of drug-likeness (QED) is 0.609. The van der Waals surface area contributed by atoms with Crippen LogP contribution in [0, 0.1) is 11.8 Å². The van der Waals surface area contributed by atoms with Crippen LogP contribution >= 0.6 is 0 Å². The minimum Gasteiger partial charge on any atom is -0.379 e. The lowest BCUT2D eigenvalue weighted by Crippen LogP contribution is -2.36. The minimum absolute atomic E-state index is 0.244. The molecule has 1 heterocycles. The number of hydrogen-bond donors (Lipinski definition) is 2. The third-order valence-electron chi connectivity index (χ3n) is 3.54. The van der Waals surface area contributed by atoms with E-state index in [1.165, 1.54) is 32.1 Å². The van der Waals surface area contributed by atoms with Crippen LogP contribution in [0.4, 0.5) is 0 Å². The number of rotatable bonds is 9. The maximum Gasteiger partial charge on any atom is 0.0621 e. The van der Waals surface area contributed by atoms with Gasteiger partial charge in [-0.15, -0.1) is 0 Å². The first-order chi connectivity index (χ1) is 8.20. The summed E-state index contributed by atoms with van der Waals surface area (Å²) < 4.78 is 5.34. The Bertz CT molecular complexity index is 185. The predicted octanol–water partition coefficient (Wildman–Crippen LogP) is 2.16. The highest BCUT2D eigenvalue weighted by atomic mass is 16.5. The Balaban J connectivity index is 1.81. The fraction of sp³-hybridized carbons (Fsp3) is 1.00. The molecule has 0 aliphatic carbocycles. The molecule has 1 aliphatic rings. The van der Waals surface area contributed by atoms with E-state index in [-0.39, 0.29) is 6.04 Å². The molecule has 3 N–H and O–H groups in total. The van der Waals surface area contributed by atoms with Crippen LogP contribution in [0.25, 0.3) is 0 Å². The zero-order valence-corrected chi connectivity index (χ0v) is 11.6. The summed E-state index contributed by atoms with van der Waals surface area (Å²) in [5.74, 6) is 1.38. The van der Waals surface area contributed by atoms with Gasteiger partial charge in [-0.1, -0.05) is 39.5 Å². The molecule has 2 unspecified atom stereocenters. The number of ether oxygens (including phenoxy) is 1. The van der Waals surface area contributed by atoms with E-state index in [0.717, 1.165) is 32.2 Å². The van der Waals surface area contributed by atoms with E-state index >= 15 is 0 Å². The fourth-order valence-corrected chi connectivity index (χ4v) is 2.27. The monoisotopic (exact) mass is 242 g/mol. The lowest BCUT2D eigenvalue weighted by molar-refractivity contribution is 0.184. The lowest BCUT2D eigenvalue weighted by Gasteiger charge is -2.13. The zero-order valence-electron chi connectivity index (χ0n) is 11.6. The molecule has 102 valence electrons. The van der Waals surface area contributed by atoms with E-state index < -0.39 is 0 Å². The van der Waals surface area contributed by atoms with Crippen molar-refractivity contribution in [2.45, 2.75) is 52.0 Å². The van der Waals surface area contributed by atoms with E-state index in [2.05, 4.69) is 19.2 Å². The Morgan fingerprint density at radius 2 is 1.94 bits per heavy atom. The smallest absolute Gasteiger partial charge is 0.0621 e. The molecule has 1 rings (SSSR count). The molecule has 0 amide bonds. The molecule has 0 aromatic rings. The zero-order chi connectivity index (χ0) is 12.5. The van der Waals surface area contributed by atoms with Gasteiger partial charge >= 0.3 is 0 Å². The molecule has 1 aliphatic heterocycles. The second kappa shape index (κ2) is 8.90. The fourth-order valence-electron chi connectivity index (χ4n) is 2.27. The number of nitrogens with two attached hydrogens (primary N) is 1. The molecule has 1 saturated heterocycles. The first kappa shape index (κ1) is 14.9. The Morgan fingerprint density at radius 3 is 2.59 bits per heavy atom. The van der Waals surface area contributed by atoms with Crippen molar-refractivity contribution in [2.75, 3.05) is 26.3 Å². The summed E-state index contributed by atoms with van der Waals surface area (Å²) in [5, 5.41) is 3.50. The van der Waals surface area contributed by atoms with Crippen molar-refractivity contribution in [2.24, 2.45) is 17.6 Å². The van der Waals surface area contributed by atoms with Crippen molar-refractivity contribution >= 4 is 0 Å². The minimum atomic E-state index is 0.244. The third kappa shape index (κ3) is 7.02. The van der Waals surface area contributed by atoms with E-state index in [0.29, 0.717) is 5.92 Å². The van der Waals surface area contributed by atoms with Crippen LogP contribution in [-0.2, 0) is 4.74 Å². The van der Waals surface area contributed by atoms with E-state index in [4.69, 9.17) is 10.5 Å². The summed E-state index contributed by atoms with van der Waals surface area (Å²) in [5.41, 5.74) is 5.92. The van der Waals surface area contributed by atoms with Crippen molar-refractivity contribution in [3.63, 3.8) is 0 Å². The predicted molar refractivity (Wildman–Crippen MR) is 73.1 cm³/mol. The maximum absolute atomic E-state index is 5.92. The molecule has 0 saturated carbocycles. The van der Waals surface area contributed by atoms with Gasteiger partial charge in [-0.2, -0.15) is 0 Å². The van der Waals surface area contributed by atoms with Crippen molar-refractivity contribution in [1.82, 2.24) is 5.32 Å². The molecule has 1 fully saturated rings. The van der Waals surface area contributed by atoms with E-state index in [1.807, 2.05) is 0 Å². The molecule has 0 bridgehead atoms. The molecule has 2 atom stereocenters. The first-order valence-electron chi connectivity index (χ1n) is 7.24. The van der Waals surface area contributed by atoms with Gasteiger partial charge in [0.15, 0.2) is 0 Å². The van der Waals surface area contributed by atoms with Crippen molar-refractivity contribution < 1.29 is 4.74 Å². The van der Waals surface area contributed by atoms with Crippen LogP contribution in [0.15, 0.2) is 0 Å². The average Bonchev–Trinajstić information content (AvgIpc) is 2.68. The first-order valence-corrected chi connectivity index (χ1v) is 7.24. The molecule has 0 spiro atoms. The summed E-state index contributed by atoms with van der Waals surface area (Å²) in [6, 6.07) is 0.244. The number of hydrogen-bond acceptors (Lipinski definition) is 3. The van der Waals surface area contributed by atoms with Crippen molar-refractivity contribution in [1.29, 1.82) is 0 Å². The van der Waals surface area contributed by atoms with Gasteiger partial charge in [-0.25, -0.2) is 0 Å². The van der Waals surface area contributed by atoms with Crippen LogP contribution in [0.2, 0.25) is 0 Å². The van der Waals surface area contributed by atoms with Gasteiger partial charge in [0.1, 0.15) is 0 Å². The molecule has 0 aromatic heterocycles. The van der Waals surface area contributed by atoms with Gasteiger partial charge in [0.05, 0.1) is 13.2 Å². The number of nitrogens with one attached hydrogen (secondary N) is 1.